The molecule has 82 valence electrons. The zero-order valence-electron chi connectivity index (χ0n) is 9.11. The second-order valence-electron chi connectivity index (χ2n) is 4.68. The van der Waals surface area contributed by atoms with Gasteiger partial charge in [-0.25, -0.2) is 0 Å². The number of nitrogens with two attached hydrogens (primary N) is 1. The summed E-state index contributed by atoms with van der Waals surface area (Å²) in [6, 6.07) is 0.677. The molecule has 14 heavy (non-hydrogen) atoms. The normalized spacial score (nSPS) is 35.6. The first kappa shape index (κ1) is 10.4. The summed E-state index contributed by atoms with van der Waals surface area (Å²) in [5.74, 6) is 0.745. The molecule has 0 radical (unpaired) electrons. The summed E-state index contributed by atoms with van der Waals surface area (Å²) in [6.45, 7) is 3.24. The molecule has 0 bridgehead atoms. The quantitative estimate of drug-likeness (QED) is 0.730. The third-order valence-corrected chi connectivity index (χ3v) is 3.76. The average molecular weight is 198 g/mol. The SMILES string of the molecule is COC1CCCCC1N1CC(CN)C1. The molecule has 1 saturated carbocycles. The van der Waals surface area contributed by atoms with Crippen molar-refractivity contribution in [3.8, 4) is 0 Å². The Morgan fingerprint density at radius 2 is 2.00 bits per heavy atom. The molecule has 0 aromatic carbocycles. The predicted molar refractivity (Wildman–Crippen MR) is 57.2 cm³/mol. The molecule has 0 aromatic rings. The first-order valence-electron chi connectivity index (χ1n) is 5.82. The number of nitrogens with zero attached hydrogens (tertiary/aromatic N) is 1. The number of likely N-dealkylation sites (tertiary alicyclic amines) is 1. The van der Waals surface area contributed by atoms with Gasteiger partial charge in [0.15, 0.2) is 0 Å². The second-order valence-corrected chi connectivity index (χ2v) is 4.68. The highest BCUT2D eigenvalue weighted by Crippen LogP contribution is 2.29. The van der Waals surface area contributed by atoms with Gasteiger partial charge in [-0.2, -0.15) is 0 Å². The number of rotatable bonds is 3. The van der Waals surface area contributed by atoms with Crippen LogP contribution in [-0.4, -0.2) is 43.8 Å². The monoisotopic (exact) mass is 198 g/mol. The Balaban J connectivity index is 1.83. The van der Waals surface area contributed by atoms with Crippen LogP contribution in [-0.2, 0) is 4.74 Å². The van der Waals surface area contributed by atoms with Gasteiger partial charge in [-0.3, -0.25) is 4.90 Å². The lowest BCUT2D eigenvalue weighted by molar-refractivity contribution is -0.0520. The molecule has 2 unspecified atom stereocenters. The van der Waals surface area contributed by atoms with Crippen molar-refractivity contribution in [3.63, 3.8) is 0 Å². The van der Waals surface area contributed by atoms with Crippen LogP contribution < -0.4 is 5.73 Å². The van der Waals surface area contributed by atoms with E-state index in [1.807, 2.05) is 7.11 Å². The third-order valence-electron chi connectivity index (χ3n) is 3.76. The number of ether oxygens (including phenoxy) is 1. The molecule has 0 amide bonds. The maximum atomic E-state index is 5.63. The summed E-state index contributed by atoms with van der Waals surface area (Å²) in [5.41, 5.74) is 5.63. The van der Waals surface area contributed by atoms with Gasteiger partial charge in [0.05, 0.1) is 6.10 Å². The van der Waals surface area contributed by atoms with Crippen molar-refractivity contribution in [2.45, 2.75) is 37.8 Å². The Kier molecular flexibility index (Phi) is 3.42. The second kappa shape index (κ2) is 4.60. The van der Waals surface area contributed by atoms with E-state index >= 15 is 0 Å². The molecule has 1 aliphatic heterocycles. The van der Waals surface area contributed by atoms with Gasteiger partial charge in [0, 0.05) is 26.2 Å². The molecule has 2 N–H and O–H groups in total. The minimum absolute atomic E-state index is 0.475. The van der Waals surface area contributed by atoms with Gasteiger partial charge in [0.1, 0.15) is 0 Å². The highest BCUT2D eigenvalue weighted by atomic mass is 16.5. The van der Waals surface area contributed by atoms with Crippen LogP contribution in [0.1, 0.15) is 25.7 Å². The Labute approximate surface area is 86.6 Å². The molecule has 1 saturated heterocycles. The van der Waals surface area contributed by atoms with Crippen molar-refractivity contribution in [3.05, 3.63) is 0 Å². The van der Waals surface area contributed by atoms with Gasteiger partial charge >= 0.3 is 0 Å². The maximum absolute atomic E-state index is 5.63. The molecule has 2 rings (SSSR count). The summed E-state index contributed by atoms with van der Waals surface area (Å²) < 4.78 is 5.56. The third kappa shape index (κ3) is 1.95. The molecule has 2 aliphatic rings. The van der Waals surface area contributed by atoms with E-state index in [1.165, 1.54) is 38.8 Å². The zero-order chi connectivity index (χ0) is 9.97. The summed E-state index contributed by atoms with van der Waals surface area (Å²) in [5, 5.41) is 0. The molecular formula is C11H22N2O. The highest BCUT2D eigenvalue weighted by molar-refractivity contribution is 4.91. The van der Waals surface area contributed by atoms with Gasteiger partial charge in [-0.15, -0.1) is 0 Å². The van der Waals surface area contributed by atoms with Crippen LogP contribution in [0.5, 0.6) is 0 Å². The van der Waals surface area contributed by atoms with Crippen molar-refractivity contribution in [1.29, 1.82) is 0 Å². The van der Waals surface area contributed by atoms with Crippen LogP contribution >= 0.6 is 0 Å². The molecular weight excluding hydrogens is 176 g/mol. The van der Waals surface area contributed by atoms with Crippen molar-refractivity contribution in [2.75, 3.05) is 26.7 Å². The number of hydrogen-bond donors (Lipinski definition) is 1. The molecule has 1 heterocycles. The van der Waals surface area contributed by atoms with Crippen molar-refractivity contribution in [1.82, 2.24) is 4.90 Å². The fourth-order valence-electron chi connectivity index (χ4n) is 2.80. The highest BCUT2D eigenvalue weighted by Gasteiger charge is 2.36. The molecule has 2 fully saturated rings. The summed E-state index contributed by atoms with van der Waals surface area (Å²) in [7, 11) is 1.85. The fraction of sp³-hybridized carbons (Fsp3) is 1.00. The smallest absolute Gasteiger partial charge is 0.0726 e. The van der Waals surface area contributed by atoms with E-state index in [1.54, 1.807) is 0 Å². The minimum Gasteiger partial charge on any atom is -0.380 e. The Hall–Kier alpha value is -0.120. The Morgan fingerprint density at radius 3 is 2.64 bits per heavy atom. The lowest BCUT2D eigenvalue weighted by Crippen LogP contribution is -2.58. The van der Waals surface area contributed by atoms with E-state index in [0.717, 1.165) is 12.5 Å². The molecule has 1 aliphatic carbocycles. The van der Waals surface area contributed by atoms with Crippen molar-refractivity contribution >= 4 is 0 Å². The lowest BCUT2D eigenvalue weighted by atomic mass is 9.87. The predicted octanol–water partition coefficient (Wildman–Crippen LogP) is 0.835. The summed E-state index contributed by atoms with van der Waals surface area (Å²) in [6.07, 6.45) is 5.74. The van der Waals surface area contributed by atoms with E-state index in [0.29, 0.717) is 12.1 Å². The average Bonchev–Trinajstić information content (AvgIpc) is 2.17. The van der Waals surface area contributed by atoms with Crippen LogP contribution in [0.15, 0.2) is 0 Å². The van der Waals surface area contributed by atoms with Crippen LogP contribution in [0.3, 0.4) is 0 Å². The molecule has 3 nitrogen and oxygen atoms in total. The van der Waals surface area contributed by atoms with Gasteiger partial charge in [0.25, 0.3) is 0 Å². The number of hydrogen-bond acceptors (Lipinski definition) is 3. The molecule has 2 atom stereocenters. The van der Waals surface area contributed by atoms with E-state index in [4.69, 9.17) is 10.5 Å². The lowest BCUT2D eigenvalue weighted by Gasteiger charge is -2.48. The van der Waals surface area contributed by atoms with Gasteiger partial charge in [-0.1, -0.05) is 12.8 Å². The fourth-order valence-corrected chi connectivity index (χ4v) is 2.80. The van der Waals surface area contributed by atoms with Crippen LogP contribution in [0, 0.1) is 5.92 Å². The van der Waals surface area contributed by atoms with Gasteiger partial charge in [-0.05, 0) is 25.3 Å². The molecule has 3 heteroatoms. The van der Waals surface area contributed by atoms with Gasteiger partial charge in [0.2, 0.25) is 0 Å². The summed E-state index contributed by atoms with van der Waals surface area (Å²) >= 11 is 0. The zero-order valence-corrected chi connectivity index (χ0v) is 9.11. The van der Waals surface area contributed by atoms with Crippen LogP contribution in [0.25, 0.3) is 0 Å². The van der Waals surface area contributed by atoms with Crippen molar-refractivity contribution in [2.24, 2.45) is 11.7 Å². The standard InChI is InChI=1S/C11H22N2O/c1-14-11-5-3-2-4-10(11)13-7-9(6-12)8-13/h9-11H,2-8,12H2,1H3. The van der Waals surface area contributed by atoms with Crippen molar-refractivity contribution < 1.29 is 4.74 Å². The van der Waals surface area contributed by atoms with Gasteiger partial charge < -0.3 is 10.5 Å². The largest absolute Gasteiger partial charge is 0.380 e. The summed E-state index contributed by atoms with van der Waals surface area (Å²) in [4.78, 5) is 2.56. The van der Waals surface area contributed by atoms with E-state index < -0.39 is 0 Å². The van der Waals surface area contributed by atoms with Crippen LogP contribution in [0.2, 0.25) is 0 Å². The van der Waals surface area contributed by atoms with E-state index in [2.05, 4.69) is 4.90 Å². The van der Waals surface area contributed by atoms with E-state index in [-0.39, 0.29) is 0 Å². The topological polar surface area (TPSA) is 38.5 Å². The minimum atomic E-state index is 0.475. The maximum Gasteiger partial charge on any atom is 0.0726 e. The molecule has 0 spiro atoms. The first-order chi connectivity index (χ1) is 6.85. The van der Waals surface area contributed by atoms with E-state index in [9.17, 15) is 0 Å². The van der Waals surface area contributed by atoms with Crippen LogP contribution in [0.4, 0.5) is 0 Å². The Morgan fingerprint density at radius 1 is 1.29 bits per heavy atom. The molecule has 0 aromatic heterocycles. The number of methoxy groups -OCH3 is 1. The first-order valence-corrected chi connectivity index (χ1v) is 5.82. The Bertz CT molecular complexity index is 180.